The summed E-state index contributed by atoms with van der Waals surface area (Å²) in [6.45, 7) is -0.0212. The maximum Gasteiger partial charge on any atom is 0.100 e. The first-order chi connectivity index (χ1) is 5.72. The van der Waals surface area contributed by atoms with Crippen LogP contribution in [0.15, 0.2) is 0 Å². The minimum Gasteiger partial charge on any atom is -0.394 e. The van der Waals surface area contributed by atoms with Crippen molar-refractivity contribution in [1.29, 1.82) is 0 Å². The zero-order valence-electron chi connectivity index (χ0n) is 7.15. The molecule has 1 fully saturated rings. The Labute approximate surface area is 72.3 Å². The van der Waals surface area contributed by atoms with Crippen molar-refractivity contribution in [3.05, 3.63) is 0 Å². The summed E-state index contributed by atoms with van der Waals surface area (Å²) in [5.41, 5.74) is 5.67. The molecule has 72 valence electrons. The van der Waals surface area contributed by atoms with E-state index in [1.54, 1.807) is 0 Å². The summed E-state index contributed by atoms with van der Waals surface area (Å²) in [7, 11) is 0. The van der Waals surface area contributed by atoms with Gasteiger partial charge in [-0.05, 0) is 19.3 Å². The van der Waals surface area contributed by atoms with E-state index in [0.717, 1.165) is 19.3 Å². The molecule has 0 saturated heterocycles. The summed E-state index contributed by atoms with van der Waals surface area (Å²) >= 11 is 0. The Bertz CT molecular complexity index is 131. The van der Waals surface area contributed by atoms with Gasteiger partial charge in [-0.15, -0.1) is 0 Å². The van der Waals surface area contributed by atoms with Crippen molar-refractivity contribution in [3.8, 4) is 0 Å². The second-order valence-electron chi connectivity index (χ2n) is 3.36. The first-order valence-corrected chi connectivity index (χ1v) is 4.38. The van der Waals surface area contributed by atoms with Crippen LogP contribution in [-0.4, -0.2) is 41.7 Å². The van der Waals surface area contributed by atoms with E-state index in [-0.39, 0.29) is 25.4 Å². The number of nitrogens with two attached hydrogens (primary N) is 1. The molecule has 3 atom stereocenters. The topological polar surface area (TPSA) is 75.7 Å². The summed E-state index contributed by atoms with van der Waals surface area (Å²) in [5.74, 6) is 0. The third-order valence-corrected chi connectivity index (χ3v) is 2.16. The normalized spacial score (nSPS) is 32.2. The summed E-state index contributed by atoms with van der Waals surface area (Å²) in [5, 5.41) is 17.5. The zero-order valence-corrected chi connectivity index (χ0v) is 7.15. The quantitative estimate of drug-likeness (QED) is 0.525. The second-order valence-corrected chi connectivity index (χ2v) is 3.36. The van der Waals surface area contributed by atoms with Gasteiger partial charge in [0.2, 0.25) is 0 Å². The molecule has 0 aromatic carbocycles. The molecule has 12 heavy (non-hydrogen) atoms. The molecule has 0 spiro atoms. The third kappa shape index (κ3) is 3.06. The van der Waals surface area contributed by atoms with E-state index in [9.17, 15) is 0 Å². The van der Waals surface area contributed by atoms with Crippen molar-refractivity contribution in [3.63, 3.8) is 0 Å². The third-order valence-electron chi connectivity index (χ3n) is 2.16. The molecular formula is C8H17NO3. The van der Waals surface area contributed by atoms with Crippen LogP contribution < -0.4 is 5.73 Å². The molecule has 1 aliphatic carbocycles. The number of ether oxygens (including phenoxy) is 1. The molecule has 4 heteroatoms. The maximum atomic E-state index is 8.98. The molecule has 0 aromatic rings. The van der Waals surface area contributed by atoms with Crippen LogP contribution in [0.25, 0.3) is 0 Å². The molecule has 1 saturated carbocycles. The summed E-state index contributed by atoms with van der Waals surface area (Å²) in [6, 6.07) is 0.251. The lowest BCUT2D eigenvalue weighted by atomic mass is 10.3. The second kappa shape index (κ2) is 4.77. The zero-order chi connectivity index (χ0) is 8.97. The highest BCUT2D eigenvalue weighted by Gasteiger charge is 2.22. The first kappa shape index (κ1) is 9.92. The Hall–Kier alpha value is -0.160. The average molecular weight is 175 g/mol. The number of aliphatic hydroxyl groups excluding tert-OH is 2. The van der Waals surface area contributed by atoms with Gasteiger partial charge in [-0.25, -0.2) is 0 Å². The van der Waals surface area contributed by atoms with Crippen LogP contribution in [0.2, 0.25) is 0 Å². The van der Waals surface area contributed by atoms with Gasteiger partial charge in [0.15, 0.2) is 0 Å². The maximum absolute atomic E-state index is 8.98. The van der Waals surface area contributed by atoms with E-state index in [2.05, 4.69) is 0 Å². The fourth-order valence-electron chi connectivity index (χ4n) is 1.42. The van der Waals surface area contributed by atoms with Crippen LogP contribution in [0.4, 0.5) is 0 Å². The Morgan fingerprint density at radius 3 is 2.75 bits per heavy atom. The molecule has 0 heterocycles. The molecule has 0 radical (unpaired) electrons. The molecule has 1 aliphatic rings. The molecule has 0 aromatic heterocycles. The Kier molecular flexibility index (Phi) is 3.94. The highest BCUT2D eigenvalue weighted by Crippen LogP contribution is 2.20. The smallest absolute Gasteiger partial charge is 0.100 e. The predicted octanol–water partition coefficient (Wildman–Crippen LogP) is -0.764. The average Bonchev–Trinajstić information content (AvgIpc) is 2.47. The van der Waals surface area contributed by atoms with Crippen LogP contribution in [0.3, 0.4) is 0 Å². The van der Waals surface area contributed by atoms with Crippen molar-refractivity contribution >= 4 is 0 Å². The Balaban J connectivity index is 2.07. The van der Waals surface area contributed by atoms with E-state index >= 15 is 0 Å². The van der Waals surface area contributed by atoms with Crippen LogP contribution in [0.5, 0.6) is 0 Å². The monoisotopic (exact) mass is 175 g/mol. The molecule has 3 unspecified atom stereocenters. The predicted molar refractivity (Wildman–Crippen MR) is 44.7 cm³/mol. The van der Waals surface area contributed by atoms with Crippen LogP contribution in [0, 0.1) is 0 Å². The summed E-state index contributed by atoms with van der Waals surface area (Å²) in [4.78, 5) is 0. The number of aliphatic hydroxyl groups is 2. The molecule has 4 N–H and O–H groups in total. The Morgan fingerprint density at radius 2 is 2.25 bits per heavy atom. The van der Waals surface area contributed by atoms with E-state index in [4.69, 9.17) is 20.7 Å². The van der Waals surface area contributed by atoms with Gasteiger partial charge in [0.05, 0.1) is 19.3 Å². The SMILES string of the molecule is NC1CCC(OCC(O)CO)C1. The summed E-state index contributed by atoms with van der Waals surface area (Å²) < 4.78 is 5.34. The summed E-state index contributed by atoms with van der Waals surface area (Å²) in [6.07, 6.45) is 2.28. The minimum atomic E-state index is -0.748. The molecule has 0 aliphatic heterocycles. The lowest BCUT2D eigenvalue weighted by Gasteiger charge is -2.13. The van der Waals surface area contributed by atoms with Gasteiger partial charge in [0.1, 0.15) is 6.10 Å². The molecular weight excluding hydrogens is 158 g/mol. The van der Waals surface area contributed by atoms with Crippen molar-refractivity contribution < 1.29 is 14.9 Å². The van der Waals surface area contributed by atoms with Gasteiger partial charge in [0, 0.05) is 6.04 Å². The van der Waals surface area contributed by atoms with E-state index in [1.165, 1.54) is 0 Å². The molecule has 4 nitrogen and oxygen atoms in total. The van der Waals surface area contributed by atoms with Gasteiger partial charge in [-0.3, -0.25) is 0 Å². The number of rotatable bonds is 4. The van der Waals surface area contributed by atoms with Gasteiger partial charge >= 0.3 is 0 Å². The lowest BCUT2D eigenvalue weighted by Crippen LogP contribution is -2.24. The van der Waals surface area contributed by atoms with Gasteiger partial charge in [-0.1, -0.05) is 0 Å². The molecule has 1 rings (SSSR count). The first-order valence-electron chi connectivity index (χ1n) is 4.38. The van der Waals surface area contributed by atoms with Gasteiger partial charge in [0.25, 0.3) is 0 Å². The minimum absolute atomic E-state index is 0.182. The van der Waals surface area contributed by atoms with E-state index < -0.39 is 6.10 Å². The Morgan fingerprint density at radius 1 is 1.50 bits per heavy atom. The van der Waals surface area contributed by atoms with Crippen LogP contribution >= 0.6 is 0 Å². The highest BCUT2D eigenvalue weighted by molar-refractivity contribution is 4.78. The lowest BCUT2D eigenvalue weighted by molar-refractivity contribution is -0.0262. The van der Waals surface area contributed by atoms with E-state index in [0.29, 0.717) is 0 Å². The highest BCUT2D eigenvalue weighted by atomic mass is 16.5. The van der Waals surface area contributed by atoms with Crippen molar-refractivity contribution in [1.82, 2.24) is 0 Å². The van der Waals surface area contributed by atoms with Crippen molar-refractivity contribution in [2.75, 3.05) is 13.2 Å². The van der Waals surface area contributed by atoms with Crippen LogP contribution in [-0.2, 0) is 4.74 Å². The fourth-order valence-corrected chi connectivity index (χ4v) is 1.42. The van der Waals surface area contributed by atoms with Crippen molar-refractivity contribution in [2.45, 2.75) is 37.5 Å². The molecule has 0 amide bonds. The standard InChI is InChI=1S/C8H17NO3/c9-6-1-2-8(3-6)12-5-7(11)4-10/h6-8,10-11H,1-5,9H2. The largest absolute Gasteiger partial charge is 0.394 e. The van der Waals surface area contributed by atoms with Gasteiger partial charge in [-0.2, -0.15) is 0 Å². The van der Waals surface area contributed by atoms with Crippen molar-refractivity contribution in [2.24, 2.45) is 5.73 Å². The number of hydrogen-bond acceptors (Lipinski definition) is 4. The number of hydrogen-bond donors (Lipinski definition) is 3. The van der Waals surface area contributed by atoms with E-state index in [1.807, 2.05) is 0 Å². The molecule has 0 bridgehead atoms. The van der Waals surface area contributed by atoms with Crippen LogP contribution in [0.1, 0.15) is 19.3 Å². The fraction of sp³-hybridized carbons (Fsp3) is 1.00. The van der Waals surface area contributed by atoms with Gasteiger partial charge < -0.3 is 20.7 Å².